The minimum Gasteiger partial charge on any atom is -0.476 e. The van der Waals surface area contributed by atoms with Gasteiger partial charge in [0.05, 0.1) is 36.1 Å². The Morgan fingerprint density at radius 3 is 2.50 bits per heavy atom. The van der Waals surface area contributed by atoms with E-state index in [1.54, 1.807) is 71.6 Å². The first-order valence-corrected chi connectivity index (χ1v) is 15.1. The topological polar surface area (TPSA) is 92.4 Å². The van der Waals surface area contributed by atoms with Gasteiger partial charge in [-0.25, -0.2) is 4.98 Å². The molecule has 0 bridgehead atoms. The van der Waals surface area contributed by atoms with Crippen LogP contribution in [0.1, 0.15) is 36.0 Å². The van der Waals surface area contributed by atoms with Gasteiger partial charge >= 0.3 is 6.18 Å². The lowest BCUT2D eigenvalue weighted by atomic mass is 9.88. The third kappa shape index (κ3) is 7.63. The fourth-order valence-corrected chi connectivity index (χ4v) is 5.50. The van der Waals surface area contributed by atoms with Gasteiger partial charge in [-0.05, 0) is 53.3 Å². The number of allylic oxidation sites excluding steroid dienone is 1. The number of aromatic amines is 1. The van der Waals surface area contributed by atoms with Crippen molar-refractivity contribution in [2.24, 2.45) is 0 Å². The Balaban J connectivity index is 1.21. The van der Waals surface area contributed by atoms with Gasteiger partial charge in [-0.2, -0.15) is 17.6 Å². The van der Waals surface area contributed by atoms with Crippen LogP contribution in [0, 0.1) is 5.95 Å². The van der Waals surface area contributed by atoms with Crippen LogP contribution in [0.15, 0.2) is 79.0 Å². The van der Waals surface area contributed by atoms with Crippen LogP contribution < -0.4 is 10.1 Å². The molecular weight excluding hydrogens is 602 g/mol. The summed E-state index contributed by atoms with van der Waals surface area (Å²) in [6.45, 7) is 3.12. The van der Waals surface area contributed by atoms with E-state index in [0.29, 0.717) is 67.5 Å². The van der Waals surface area contributed by atoms with Gasteiger partial charge in [0.1, 0.15) is 6.61 Å². The highest BCUT2D eigenvalue weighted by Crippen LogP contribution is 2.40. The first-order chi connectivity index (χ1) is 22.2. The Bertz CT molecular complexity index is 1730. The number of fused-ring (bicyclic) bond motifs is 1. The normalized spacial score (nSPS) is 16.9. The molecular formula is C34H33F4N5O3. The lowest BCUT2D eigenvalue weighted by molar-refractivity contribution is -0.130. The van der Waals surface area contributed by atoms with Gasteiger partial charge < -0.3 is 19.7 Å². The number of hydrogen-bond donors (Lipinski definition) is 2. The number of benzene rings is 2. The molecule has 46 heavy (non-hydrogen) atoms. The molecule has 2 aromatic carbocycles. The maximum atomic E-state index is 14.4. The van der Waals surface area contributed by atoms with Crippen LogP contribution in [-0.2, 0) is 9.53 Å². The highest BCUT2D eigenvalue weighted by molar-refractivity contribution is 6.00. The number of ether oxygens (including phenoxy) is 2. The molecule has 240 valence electrons. The van der Waals surface area contributed by atoms with E-state index < -0.39 is 18.5 Å². The molecule has 2 fully saturated rings. The van der Waals surface area contributed by atoms with Crippen molar-refractivity contribution in [3.05, 3.63) is 102 Å². The number of alkyl halides is 3. The zero-order valence-corrected chi connectivity index (χ0v) is 24.9. The summed E-state index contributed by atoms with van der Waals surface area (Å²) in [7, 11) is 0. The molecule has 1 saturated heterocycles. The number of rotatable bonds is 11. The minimum absolute atomic E-state index is 0.0353. The maximum Gasteiger partial charge on any atom is 0.393 e. The van der Waals surface area contributed by atoms with Crippen LogP contribution in [0.5, 0.6) is 5.88 Å². The second kappa shape index (κ2) is 13.4. The molecule has 8 nitrogen and oxygen atoms in total. The SMILES string of the molecule is O=C(/C=C/CNC1(COc2ccc(/C(=C(/CC(F)(F)F)c3ccccc3)c3ccc4[nH]nc(F)c4c3)cn2)CC1)N1CCOCC1. The fraction of sp³-hybridized carbons (Fsp3) is 0.324. The number of carbonyl (C=O) groups is 1. The lowest BCUT2D eigenvalue weighted by Gasteiger charge is -2.25. The average Bonchev–Trinajstić information content (AvgIpc) is 3.75. The van der Waals surface area contributed by atoms with Gasteiger partial charge in [0.2, 0.25) is 17.7 Å². The Morgan fingerprint density at radius 1 is 1.04 bits per heavy atom. The summed E-state index contributed by atoms with van der Waals surface area (Å²) in [4.78, 5) is 18.5. The van der Waals surface area contributed by atoms with Crippen molar-refractivity contribution >= 4 is 28.0 Å². The van der Waals surface area contributed by atoms with E-state index in [0.717, 1.165) is 12.8 Å². The van der Waals surface area contributed by atoms with Gasteiger partial charge in [-0.15, -0.1) is 5.10 Å². The van der Waals surface area contributed by atoms with Crippen LogP contribution in [0.4, 0.5) is 17.6 Å². The highest BCUT2D eigenvalue weighted by Gasteiger charge is 2.43. The molecule has 1 aliphatic carbocycles. The first kappa shape index (κ1) is 31.4. The van der Waals surface area contributed by atoms with Crippen LogP contribution in [0.2, 0.25) is 0 Å². The number of hydrogen-bond acceptors (Lipinski definition) is 6. The number of carbonyl (C=O) groups excluding carboxylic acids is 1. The van der Waals surface area contributed by atoms with Gasteiger partial charge in [0.15, 0.2) is 0 Å². The van der Waals surface area contributed by atoms with Crippen molar-refractivity contribution in [3.63, 3.8) is 0 Å². The number of aromatic nitrogens is 3. The summed E-state index contributed by atoms with van der Waals surface area (Å²) in [5.74, 6) is -0.455. The number of amides is 1. The van der Waals surface area contributed by atoms with E-state index in [-0.39, 0.29) is 28.0 Å². The average molecular weight is 636 g/mol. The second-order valence-corrected chi connectivity index (χ2v) is 11.5. The molecule has 12 heteroatoms. The molecule has 4 aromatic rings. The molecule has 1 saturated carbocycles. The molecule has 1 aliphatic heterocycles. The summed E-state index contributed by atoms with van der Waals surface area (Å²) >= 11 is 0. The highest BCUT2D eigenvalue weighted by atomic mass is 19.4. The summed E-state index contributed by atoms with van der Waals surface area (Å²) in [5.41, 5.74) is 1.72. The van der Waals surface area contributed by atoms with E-state index in [2.05, 4.69) is 20.5 Å². The van der Waals surface area contributed by atoms with E-state index in [1.165, 1.54) is 12.3 Å². The van der Waals surface area contributed by atoms with E-state index in [9.17, 15) is 22.4 Å². The third-order valence-electron chi connectivity index (χ3n) is 8.16. The van der Waals surface area contributed by atoms with Crippen molar-refractivity contribution in [1.82, 2.24) is 25.4 Å². The standard InChI is InChI=1S/C34H33F4N5O3/c35-32-26-19-24(8-10-28(26)41-42-32)31(27(20-34(36,37)38)23-5-2-1-3-6-23)25-9-11-29(39-21-25)46-22-33(12-13-33)40-14-4-7-30(44)43-15-17-45-18-16-43/h1-11,19,21,40H,12-18,20,22H2,(H,41,42)/b7-4+,31-27-. The fourth-order valence-electron chi connectivity index (χ4n) is 5.50. The zero-order valence-electron chi connectivity index (χ0n) is 24.9. The van der Waals surface area contributed by atoms with Crippen molar-refractivity contribution in [2.75, 3.05) is 39.5 Å². The molecule has 6 rings (SSSR count). The molecule has 2 aromatic heterocycles. The van der Waals surface area contributed by atoms with E-state index in [1.807, 2.05) is 0 Å². The molecule has 0 unspecified atom stereocenters. The van der Waals surface area contributed by atoms with Crippen LogP contribution >= 0.6 is 0 Å². The minimum atomic E-state index is -4.51. The molecule has 0 spiro atoms. The molecule has 3 heterocycles. The van der Waals surface area contributed by atoms with Gasteiger partial charge in [-0.3, -0.25) is 9.89 Å². The lowest BCUT2D eigenvalue weighted by Crippen LogP contribution is -2.40. The quantitative estimate of drug-likeness (QED) is 0.121. The maximum absolute atomic E-state index is 14.4. The molecule has 1 amide bonds. The van der Waals surface area contributed by atoms with Gasteiger partial charge in [0.25, 0.3) is 0 Å². The van der Waals surface area contributed by atoms with E-state index in [4.69, 9.17) is 9.47 Å². The van der Waals surface area contributed by atoms with Crippen molar-refractivity contribution < 1.29 is 31.8 Å². The molecule has 2 N–H and O–H groups in total. The van der Waals surface area contributed by atoms with Gasteiger partial charge in [0, 0.05) is 43.5 Å². The molecule has 0 atom stereocenters. The van der Waals surface area contributed by atoms with Crippen LogP contribution in [0.25, 0.3) is 22.0 Å². The van der Waals surface area contributed by atoms with Crippen molar-refractivity contribution in [3.8, 4) is 5.88 Å². The smallest absolute Gasteiger partial charge is 0.393 e. The summed E-state index contributed by atoms with van der Waals surface area (Å²) in [6.07, 6.45) is 0.944. The Hall–Kier alpha value is -4.55. The number of H-pyrrole nitrogens is 1. The summed E-state index contributed by atoms with van der Waals surface area (Å²) in [5, 5.41) is 9.78. The largest absolute Gasteiger partial charge is 0.476 e. The molecule has 0 radical (unpaired) electrons. The number of morpholine rings is 1. The van der Waals surface area contributed by atoms with Crippen LogP contribution in [-0.4, -0.2) is 77.2 Å². The third-order valence-corrected chi connectivity index (χ3v) is 8.16. The zero-order chi connectivity index (χ0) is 32.1. The monoisotopic (exact) mass is 635 g/mol. The number of nitrogens with one attached hydrogen (secondary N) is 2. The second-order valence-electron chi connectivity index (χ2n) is 11.5. The predicted octanol–water partition coefficient (Wildman–Crippen LogP) is 5.92. The van der Waals surface area contributed by atoms with Crippen LogP contribution in [0.3, 0.4) is 0 Å². The number of halogens is 4. The van der Waals surface area contributed by atoms with Crippen molar-refractivity contribution in [1.29, 1.82) is 0 Å². The Morgan fingerprint density at radius 2 is 1.80 bits per heavy atom. The van der Waals surface area contributed by atoms with Crippen molar-refractivity contribution in [2.45, 2.75) is 31.0 Å². The van der Waals surface area contributed by atoms with Gasteiger partial charge in [-0.1, -0.05) is 42.5 Å². The Kier molecular flexibility index (Phi) is 9.18. The summed E-state index contributed by atoms with van der Waals surface area (Å²) in [6, 6.07) is 16.4. The Labute approximate surface area is 263 Å². The first-order valence-electron chi connectivity index (χ1n) is 15.1. The molecule has 2 aliphatic rings. The summed E-state index contributed by atoms with van der Waals surface area (Å²) < 4.78 is 67.7. The predicted molar refractivity (Wildman–Crippen MR) is 165 cm³/mol. The van der Waals surface area contributed by atoms with E-state index >= 15 is 0 Å². The number of pyridine rings is 1. The number of nitrogens with zero attached hydrogens (tertiary/aromatic N) is 3.